The van der Waals surface area contributed by atoms with Crippen molar-refractivity contribution in [3.8, 4) is 0 Å². The van der Waals surface area contributed by atoms with Gasteiger partial charge in [0.1, 0.15) is 5.69 Å². The monoisotopic (exact) mass is 299 g/mol. The molecule has 0 aliphatic carbocycles. The van der Waals surface area contributed by atoms with Crippen LogP contribution in [0.4, 0.5) is 19.0 Å². The highest BCUT2D eigenvalue weighted by Gasteiger charge is 2.31. The summed E-state index contributed by atoms with van der Waals surface area (Å²) in [7, 11) is 1.66. The maximum Gasteiger partial charge on any atom is 0.417 e. The first-order valence-electron chi connectivity index (χ1n) is 5.88. The van der Waals surface area contributed by atoms with E-state index in [9.17, 15) is 18.0 Å². The van der Waals surface area contributed by atoms with E-state index in [1.807, 2.05) is 0 Å². The molecule has 0 fully saturated rings. The van der Waals surface area contributed by atoms with Crippen LogP contribution >= 0.6 is 0 Å². The van der Waals surface area contributed by atoms with Crippen LogP contribution in [0.1, 0.15) is 21.6 Å². The van der Waals surface area contributed by atoms with Gasteiger partial charge in [0.15, 0.2) is 5.82 Å². The topological polar surface area (TPSA) is 85.8 Å². The molecule has 9 heteroatoms. The molecule has 3 N–H and O–H groups in total. The van der Waals surface area contributed by atoms with Gasteiger partial charge in [0.25, 0.3) is 5.91 Å². The summed E-state index contributed by atoms with van der Waals surface area (Å²) in [5, 5.41) is 6.46. The molecule has 0 radical (unpaired) electrons. The molecule has 0 spiro atoms. The maximum absolute atomic E-state index is 12.4. The second-order valence-electron chi connectivity index (χ2n) is 4.26. The number of nitrogens with two attached hydrogens (primary N) is 1. The summed E-state index contributed by atoms with van der Waals surface area (Å²) >= 11 is 0. The van der Waals surface area contributed by atoms with Crippen LogP contribution in [0.3, 0.4) is 0 Å². The lowest BCUT2D eigenvalue weighted by Gasteiger charge is -2.07. The number of rotatable bonds is 3. The number of amides is 1. The van der Waals surface area contributed by atoms with Crippen molar-refractivity contribution < 1.29 is 18.0 Å². The molecular formula is C12H12F3N5O. The minimum Gasteiger partial charge on any atom is -0.326 e. The maximum atomic E-state index is 12.4. The van der Waals surface area contributed by atoms with Crippen LogP contribution in [0, 0.1) is 0 Å². The number of carbonyl (C=O) groups excluding carboxylic acids is 1. The average Bonchev–Trinajstić information content (AvgIpc) is 2.78. The van der Waals surface area contributed by atoms with Crippen molar-refractivity contribution >= 4 is 11.7 Å². The van der Waals surface area contributed by atoms with Gasteiger partial charge in [-0.1, -0.05) is 0 Å². The zero-order chi connectivity index (χ0) is 15.6. The number of carbonyl (C=O) groups is 1. The second-order valence-corrected chi connectivity index (χ2v) is 4.26. The third-order valence-electron chi connectivity index (χ3n) is 2.68. The summed E-state index contributed by atoms with van der Waals surface area (Å²) in [6.45, 7) is 0.171. The fourth-order valence-electron chi connectivity index (χ4n) is 1.66. The summed E-state index contributed by atoms with van der Waals surface area (Å²) in [5.41, 5.74) is 5.05. The molecule has 0 aliphatic heterocycles. The Balaban J connectivity index is 2.17. The predicted octanol–water partition coefficient (Wildman–Crippen LogP) is 1.54. The molecule has 0 saturated carbocycles. The number of alkyl halides is 3. The van der Waals surface area contributed by atoms with Gasteiger partial charge in [-0.15, -0.1) is 0 Å². The van der Waals surface area contributed by atoms with Crippen molar-refractivity contribution in [1.29, 1.82) is 0 Å². The summed E-state index contributed by atoms with van der Waals surface area (Å²) < 4.78 is 38.7. The normalized spacial score (nSPS) is 11.5. The third-order valence-corrected chi connectivity index (χ3v) is 2.68. The minimum absolute atomic E-state index is 0.142. The smallest absolute Gasteiger partial charge is 0.326 e. The zero-order valence-corrected chi connectivity index (χ0v) is 11.0. The quantitative estimate of drug-likeness (QED) is 0.900. The van der Waals surface area contributed by atoms with Gasteiger partial charge < -0.3 is 11.1 Å². The van der Waals surface area contributed by atoms with E-state index < -0.39 is 17.6 Å². The Kier molecular flexibility index (Phi) is 3.94. The first-order chi connectivity index (χ1) is 9.81. The lowest BCUT2D eigenvalue weighted by molar-refractivity contribution is -0.137. The van der Waals surface area contributed by atoms with E-state index in [0.29, 0.717) is 11.8 Å². The van der Waals surface area contributed by atoms with Gasteiger partial charge in [0.2, 0.25) is 0 Å². The largest absolute Gasteiger partial charge is 0.417 e. The van der Waals surface area contributed by atoms with Crippen molar-refractivity contribution in [2.24, 2.45) is 12.8 Å². The number of nitrogens with zero attached hydrogens (tertiary/aromatic N) is 3. The van der Waals surface area contributed by atoms with Crippen LogP contribution in [-0.4, -0.2) is 20.7 Å². The fraction of sp³-hybridized carbons (Fsp3) is 0.250. The molecule has 1 amide bonds. The lowest BCUT2D eigenvalue weighted by atomic mass is 10.2. The number of nitrogens with one attached hydrogen (secondary N) is 1. The van der Waals surface area contributed by atoms with Crippen LogP contribution in [-0.2, 0) is 19.8 Å². The molecule has 0 atom stereocenters. The second kappa shape index (κ2) is 5.52. The molecule has 112 valence electrons. The summed E-state index contributed by atoms with van der Waals surface area (Å²) in [5.74, 6) is -0.399. The van der Waals surface area contributed by atoms with Gasteiger partial charge in [-0.05, 0) is 12.1 Å². The van der Waals surface area contributed by atoms with Crippen LogP contribution in [0.5, 0.6) is 0 Å². The summed E-state index contributed by atoms with van der Waals surface area (Å²) in [4.78, 5) is 15.4. The Labute approximate surface area is 117 Å². The van der Waals surface area contributed by atoms with Crippen LogP contribution in [0.25, 0.3) is 0 Å². The van der Waals surface area contributed by atoms with Crippen LogP contribution in [0.15, 0.2) is 24.5 Å². The number of anilines is 1. The van der Waals surface area contributed by atoms with E-state index in [0.717, 1.165) is 12.1 Å². The molecule has 2 rings (SSSR count). The number of aromatic nitrogens is 3. The van der Waals surface area contributed by atoms with Crippen LogP contribution in [0.2, 0.25) is 0 Å². The lowest BCUT2D eigenvalue weighted by Crippen LogP contribution is -2.16. The van der Waals surface area contributed by atoms with Gasteiger partial charge in [0, 0.05) is 31.5 Å². The molecule has 2 aromatic heterocycles. The Bertz CT molecular complexity index is 648. The van der Waals surface area contributed by atoms with Gasteiger partial charge >= 0.3 is 6.18 Å². The molecule has 2 aromatic rings. The van der Waals surface area contributed by atoms with E-state index in [1.54, 1.807) is 13.2 Å². The Morgan fingerprint density at radius 3 is 2.67 bits per heavy atom. The first-order valence-corrected chi connectivity index (χ1v) is 5.88. The molecule has 0 bridgehead atoms. The summed E-state index contributed by atoms with van der Waals surface area (Å²) in [6, 6.07) is 1.80. The number of pyridine rings is 1. The fourth-order valence-corrected chi connectivity index (χ4v) is 1.66. The number of aryl methyl sites for hydroxylation is 1. The standard InChI is InChI=1S/C12H12F3N5O/c1-20-6-7(4-16)10(19-20)18-11(21)9-3-2-8(5-17-9)12(13,14)15/h2-3,5-6H,4,16H2,1H3,(H,18,19,21). The van der Waals surface area contributed by atoms with Gasteiger partial charge in [0.05, 0.1) is 5.56 Å². The van der Waals surface area contributed by atoms with E-state index in [2.05, 4.69) is 15.4 Å². The van der Waals surface area contributed by atoms with Crippen LogP contribution < -0.4 is 11.1 Å². The Hall–Kier alpha value is -2.42. The predicted molar refractivity (Wildman–Crippen MR) is 68.3 cm³/mol. The molecule has 0 unspecified atom stereocenters. The average molecular weight is 299 g/mol. The number of hydrogen-bond acceptors (Lipinski definition) is 4. The SMILES string of the molecule is Cn1cc(CN)c(NC(=O)c2ccc(C(F)(F)F)cn2)n1. The van der Waals surface area contributed by atoms with Crippen molar-refractivity contribution in [2.75, 3.05) is 5.32 Å². The highest BCUT2D eigenvalue weighted by Crippen LogP contribution is 2.28. The van der Waals surface area contributed by atoms with Crippen molar-refractivity contribution in [3.63, 3.8) is 0 Å². The molecule has 0 aromatic carbocycles. The molecule has 0 saturated heterocycles. The van der Waals surface area contributed by atoms with Crippen molar-refractivity contribution in [3.05, 3.63) is 41.3 Å². The van der Waals surface area contributed by atoms with E-state index in [1.165, 1.54) is 4.68 Å². The van der Waals surface area contributed by atoms with Crippen molar-refractivity contribution in [2.45, 2.75) is 12.7 Å². The van der Waals surface area contributed by atoms with Gasteiger partial charge in [-0.3, -0.25) is 14.5 Å². The number of hydrogen-bond donors (Lipinski definition) is 2. The highest BCUT2D eigenvalue weighted by molar-refractivity contribution is 6.02. The first kappa shape index (κ1) is 15.0. The molecule has 0 aliphatic rings. The van der Waals surface area contributed by atoms with E-state index >= 15 is 0 Å². The molecule has 21 heavy (non-hydrogen) atoms. The zero-order valence-electron chi connectivity index (χ0n) is 11.0. The van der Waals surface area contributed by atoms with E-state index in [4.69, 9.17) is 5.73 Å². The Morgan fingerprint density at radius 1 is 1.43 bits per heavy atom. The van der Waals surface area contributed by atoms with Gasteiger partial charge in [-0.2, -0.15) is 18.3 Å². The van der Waals surface area contributed by atoms with Crippen molar-refractivity contribution in [1.82, 2.24) is 14.8 Å². The minimum atomic E-state index is -4.49. The molecular weight excluding hydrogens is 287 g/mol. The summed E-state index contributed by atoms with van der Waals surface area (Å²) in [6.07, 6.45) is -2.25. The van der Waals surface area contributed by atoms with E-state index in [-0.39, 0.29) is 18.1 Å². The molecule has 6 nitrogen and oxygen atoms in total. The van der Waals surface area contributed by atoms with Gasteiger partial charge in [-0.25, -0.2) is 0 Å². The molecule has 2 heterocycles. The third kappa shape index (κ3) is 3.37. The Morgan fingerprint density at radius 2 is 2.14 bits per heavy atom. The highest BCUT2D eigenvalue weighted by atomic mass is 19.4. The number of halogens is 3.